The van der Waals surface area contributed by atoms with Crippen molar-refractivity contribution in [3.05, 3.63) is 24.3 Å². The third kappa shape index (κ3) is 3.28. The lowest BCUT2D eigenvalue weighted by molar-refractivity contribution is 0.0953. The molecule has 1 amide bonds. The molecule has 1 fully saturated rings. The molecule has 0 saturated heterocycles. The molecule has 0 atom stereocenters. The largest absolute Gasteiger partial charge is 0.351 e. The Morgan fingerprint density at radius 2 is 2.07 bits per heavy atom. The number of hydrogen-bond acceptors (Lipinski definition) is 4. The fourth-order valence-corrected chi connectivity index (χ4v) is 1.26. The van der Waals surface area contributed by atoms with Crippen LogP contribution in [0.1, 0.15) is 23.2 Å². The molecule has 5 heteroatoms. The van der Waals surface area contributed by atoms with E-state index >= 15 is 0 Å². The first kappa shape index (κ1) is 10.0. The van der Waals surface area contributed by atoms with E-state index in [1.165, 1.54) is 31.6 Å². The molecular formula is C10H14N4O. The van der Waals surface area contributed by atoms with Gasteiger partial charge in [-0.25, -0.2) is 9.97 Å². The van der Waals surface area contributed by atoms with Gasteiger partial charge in [0.15, 0.2) is 0 Å². The van der Waals surface area contributed by atoms with Gasteiger partial charge < -0.3 is 10.6 Å². The normalized spacial score (nSPS) is 14.9. The Morgan fingerprint density at radius 3 is 2.73 bits per heavy atom. The first-order chi connectivity index (χ1) is 7.36. The summed E-state index contributed by atoms with van der Waals surface area (Å²) in [4.78, 5) is 19.1. The topological polar surface area (TPSA) is 66.9 Å². The minimum atomic E-state index is -0.117. The Kier molecular flexibility index (Phi) is 3.24. The van der Waals surface area contributed by atoms with Crippen LogP contribution in [0.15, 0.2) is 18.7 Å². The predicted octanol–water partition coefficient (Wildman–Crippen LogP) is -0.0416. The lowest BCUT2D eigenvalue weighted by Gasteiger charge is -2.05. The summed E-state index contributed by atoms with van der Waals surface area (Å²) in [6.07, 6.45) is 6.96. The van der Waals surface area contributed by atoms with Crippen molar-refractivity contribution in [1.29, 1.82) is 0 Å². The van der Waals surface area contributed by atoms with Gasteiger partial charge in [0.2, 0.25) is 0 Å². The molecule has 0 unspecified atom stereocenters. The van der Waals surface area contributed by atoms with Crippen molar-refractivity contribution in [2.45, 2.75) is 18.9 Å². The predicted molar refractivity (Wildman–Crippen MR) is 55.4 cm³/mol. The molecule has 1 saturated carbocycles. The van der Waals surface area contributed by atoms with Crippen molar-refractivity contribution in [3.8, 4) is 0 Å². The maximum absolute atomic E-state index is 11.5. The van der Waals surface area contributed by atoms with Crippen molar-refractivity contribution in [2.75, 3.05) is 13.1 Å². The second kappa shape index (κ2) is 4.84. The van der Waals surface area contributed by atoms with E-state index in [1.807, 2.05) is 0 Å². The van der Waals surface area contributed by atoms with Crippen LogP contribution in [0.3, 0.4) is 0 Å². The number of aromatic nitrogens is 2. The lowest BCUT2D eigenvalue weighted by atomic mass is 10.3. The molecule has 0 bridgehead atoms. The van der Waals surface area contributed by atoms with Crippen molar-refractivity contribution >= 4 is 5.91 Å². The van der Waals surface area contributed by atoms with Crippen LogP contribution >= 0.6 is 0 Å². The Labute approximate surface area is 88.3 Å². The molecule has 1 heterocycles. The number of hydrogen-bond donors (Lipinski definition) is 2. The van der Waals surface area contributed by atoms with Crippen molar-refractivity contribution in [3.63, 3.8) is 0 Å². The van der Waals surface area contributed by atoms with Crippen LogP contribution in [0.2, 0.25) is 0 Å². The van der Waals surface area contributed by atoms with Crippen LogP contribution in [0.25, 0.3) is 0 Å². The molecule has 0 spiro atoms. The standard InChI is InChI=1S/C10H14N4O/c15-10(8-5-11-7-12-6-8)14-4-3-13-9-1-2-9/h5-7,9,13H,1-4H2,(H,14,15). The molecule has 0 aromatic carbocycles. The fraction of sp³-hybridized carbons (Fsp3) is 0.500. The molecule has 1 aliphatic rings. The van der Waals surface area contributed by atoms with Crippen molar-refractivity contribution in [2.24, 2.45) is 0 Å². The molecular weight excluding hydrogens is 192 g/mol. The van der Waals surface area contributed by atoms with Gasteiger partial charge in [-0.2, -0.15) is 0 Å². The number of rotatable bonds is 5. The minimum absolute atomic E-state index is 0.117. The van der Waals surface area contributed by atoms with E-state index in [0.717, 1.165) is 6.54 Å². The summed E-state index contributed by atoms with van der Waals surface area (Å²) in [6, 6.07) is 0.682. The quantitative estimate of drug-likeness (QED) is 0.663. The van der Waals surface area contributed by atoms with Gasteiger partial charge >= 0.3 is 0 Å². The van der Waals surface area contributed by atoms with E-state index in [4.69, 9.17) is 0 Å². The zero-order valence-electron chi connectivity index (χ0n) is 8.44. The van der Waals surface area contributed by atoms with Gasteiger partial charge in [0, 0.05) is 31.5 Å². The van der Waals surface area contributed by atoms with Crippen LogP contribution < -0.4 is 10.6 Å². The van der Waals surface area contributed by atoms with Crippen LogP contribution in [-0.4, -0.2) is 35.0 Å². The average molecular weight is 206 g/mol. The molecule has 5 nitrogen and oxygen atoms in total. The van der Waals surface area contributed by atoms with E-state index in [0.29, 0.717) is 18.2 Å². The van der Waals surface area contributed by atoms with Gasteiger partial charge in [-0.05, 0) is 12.8 Å². The molecule has 1 aromatic heterocycles. The number of carbonyl (C=O) groups excluding carboxylic acids is 1. The summed E-state index contributed by atoms with van der Waals surface area (Å²) in [5.41, 5.74) is 0.504. The average Bonchev–Trinajstić information content (AvgIpc) is 3.09. The van der Waals surface area contributed by atoms with E-state index < -0.39 is 0 Å². The molecule has 2 rings (SSSR count). The SMILES string of the molecule is O=C(NCCNC1CC1)c1cncnc1. The van der Waals surface area contributed by atoms with Crippen LogP contribution in [0, 0.1) is 0 Å². The highest BCUT2D eigenvalue weighted by molar-refractivity contribution is 5.93. The van der Waals surface area contributed by atoms with Gasteiger partial charge in [-0.15, -0.1) is 0 Å². The van der Waals surface area contributed by atoms with E-state index in [2.05, 4.69) is 20.6 Å². The van der Waals surface area contributed by atoms with E-state index in [-0.39, 0.29) is 5.91 Å². The summed E-state index contributed by atoms with van der Waals surface area (Å²) in [5.74, 6) is -0.117. The van der Waals surface area contributed by atoms with Crippen molar-refractivity contribution in [1.82, 2.24) is 20.6 Å². The molecule has 15 heavy (non-hydrogen) atoms. The third-order valence-corrected chi connectivity index (χ3v) is 2.24. The molecule has 2 N–H and O–H groups in total. The number of nitrogens with zero attached hydrogens (tertiary/aromatic N) is 2. The summed E-state index contributed by atoms with van der Waals surface area (Å²) >= 11 is 0. The third-order valence-electron chi connectivity index (χ3n) is 2.24. The van der Waals surface area contributed by atoms with E-state index in [1.54, 1.807) is 0 Å². The van der Waals surface area contributed by atoms with Crippen LogP contribution in [0.5, 0.6) is 0 Å². The molecule has 0 radical (unpaired) electrons. The number of carbonyl (C=O) groups is 1. The highest BCUT2D eigenvalue weighted by Gasteiger charge is 2.19. The number of nitrogens with one attached hydrogen (secondary N) is 2. The van der Waals surface area contributed by atoms with Crippen LogP contribution in [-0.2, 0) is 0 Å². The second-order valence-electron chi connectivity index (χ2n) is 3.61. The first-order valence-corrected chi connectivity index (χ1v) is 5.13. The first-order valence-electron chi connectivity index (χ1n) is 5.13. The van der Waals surface area contributed by atoms with Gasteiger partial charge in [-0.3, -0.25) is 4.79 Å². The Morgan fingerprint density at radius 1 is 1.33 bits per heavy atom. The summed E-state index contributed by atoms with van der Waals surface area (Å²) < 4.78 is 0. The fourth-order valence-electron chi connectivity index (χ4n) is 1.26. The molecule has 80 valence electrons. The zero-order valence-corrected chi connectivity index (χ0v) is 8.44. The van der Waals surface area contributed by atoms with Crippen LogP contribution in [0.4, 0.5) is 0 Å². The van der Waals surface area contributed by atoms with Gasteiger partial charge in [-0.1, -0.05) is 0 Å². The zero-order chi connectivity index (χ0) is 10.5. The molecule has 0 aliphatic heterocycles. The highest BCUT2D eigenvalue weighted by atomic mass is 16.1. The number of amides is 1. The Bertz CT molecular complexity index is 323. The van der Waals surface area contributed by atoms with Gasteiger partial charge in [0.1, 0.15) is 6.33 Å². The lowest BCUT2D eigenvalue weighted by Crippen LogP contribution is -2.32. The minimum Gasteiger partial charge on any atom is -0.351 e. The van der Waals surface area contributed by atoms with E-state index in [9.17, 15) is 4.79 Å². The maximum atomic E-state index is 11.5. The smallest absolute Gasteiger partial charge is 0.254 e. The van der Waals surface area contributed by atoms with Crippen molar-refractivity contribution < 1.29 is 4.79 Å². The van der Waals surface area contributed by atoms with Gasteiger partial charge in [0.05, 0.1) is 5.56 Å². The Hall–Kier alpha value is -1.49. The van der Waals surface area contributed by atoms with Gasteiger partial charge in [0.25, 0.3) is 5.91 Å². The molecule has 1 aromatic rings. The maximum Gasteiger partial charge on any atom is 0.254 e. The Balaban J connectivity index is 1.67. The monoisotopic (exact) mass is 206 g/mol. The highest BCUT2D eigenvalue weighted by Crippen LogP contribution is 2.17. The summed E-state index contributed by atoms with van der Waals surface area (Å²) in [5, 5.41) is 6.12. The summed E-state index contributed by atoms with van der Waals surface area (Å²) in [6.45, 7) is 1.47. The summed E-state index contributed by atoms with van der Waals surface area (Å²) in [7, 11) is 0. The molecule has 1 aliphatic carbocycles. The second-order valence-corrected chi connectivity index (χ2v) is 3.61.